The van der Waals surface area contributed by atoms with Crippen molar-refractivity contribution in [2.45, 2.75) is 55.0 Å². The molecule has 2 heterocycles. The van der Waals surface area contributed by atoms with Crippen molar-refractivity contribution in [3.63, 3.8) is 0 Å². The Morgan fingerprint density at radius 1 is 0.885 bits per heavy atom. The van der Waals surface area contributed by atoms with Gasteiger partial charge in [0.1, 0.15) is 36.6 Å². The van der Waals surface area contributed by atoms with Crippen molar-refractivity contribution in [1.82, 2.24) is 10.6 Å². The first kappa shape index (κ1) is 21.2. The highest BCUT2D eigenvalue weighted by atomic mass is 16.7. The molecule has 0 aliphatic carbocycles. The van der Waals surface area contributed by atoms with Gasteiger partial charge in [0.25, 0.3) is 0 Å². The van der Waals surface area contributed by atoms with Crippen molar-refractivity contribution in [2.75, 3.05) is 26.9 Å². The number of guanidine groups is 1. The van der Waals surface area contributed by atoms with Crippen molar-refractivity contribution < 1.29 is 45.2 Å². The second-order valence-corrected chi connectivity index (χ2v) is 6.29. The summed E-state index contributed by atoms with van der Waals surface area (Å²) in [6, 6.07) is -1.88. The number of aliphatic imine (C=N–C) groups is 1. The molecule has 0 aromatic heterocycles. The van der Waals surface area contributed by atoms with Gasteiger partial charge < -0.3 is 55.9 Å². The second kappa shape index (κ2) is 9.21. The van der Waals surface area contributed by atoms with Crippen LogP contribution in [0.3, 0.4) is 0 Å². The van der Waals surface area contributed by atoms with Crippen LogP contribution in [-0.4, -0.2) is 124 Å². The Bertz CT molecular complexity index is 461. The standard InChI is InChI=1S/C14H27N3O9/c1-25-13-12(24)11(23)10(22)7(26-13)2-15-14-16-5(3-18)8(20)9(21)6(4-19)17-14/h5-13,18-24H,2-4H2,1H3,(H2,15,16,17)/t5-,6-,7+,8+,9+,10+,11-,12+,13-/m0/s1. The smallest absolute Gasteiger partial charge is 0.192 e. The summed E-state index contributed by atoms with van der Waals surface area (Å²) in [4.78, 5) is 4.13. The molecule has 0 spiro atoms. The van der Waals surface area contributed by atoms with Gasteiger partial charge in [-0.15, -0.1) is 0 Å². The minimum atomic E-state index is -1.49. The quantitative estimate of drug-likeness (QED) is 0.220. The molecule has 12 heteroatoms. The maximum atomic E-state index is 10.0. The lowest BCUT2D eigenvalue weighted by Gasteiger charge is -2.39. The maximum Gasteiger partial charge on any atom is 0.192 e. The summed E-state index contributed by atoms with van der Waals surface area (Å²) >= 11 is 0. The molecule has 0 aromatic rings. The van der Waals surface area contributed by atoms with Crippen LogP contribution in [0.25, 0.3) is 0 Å². The van der Waals surface area contributed by atoms with Crippen LogP contribution in [0.1, 0.15) is 0 Å². The van der Waals surface area contributed by atoms with Gasteiger partial charge >= 0.3 is 0 Å². The molecule has 9 N–H and O–H groups in total. The summed E-state index contributed by atoms with van der Waals surface area (Å²) in [5, 5.41) is 73.7. The SMILES string of the molecule is CO[C@H]1O[C@H](CN=C2N[C@@H](CO)[C@@H](O)[C@H](O)[C@H](CO)N2)[C@@H](O)[C@H](O)[C@H]1O. The van der Waals surface area contributed by atoms with E-state index in [1.54, 1.807) is 0 Å². The molecule has 0 bridgehead atoms. The second-order valence-electron chi connectivity index (χ2n) is 6.29. The van der Waals surface area contributed by atoms with E-state index in [1.807, 2.05) is 0 Å². The van der Waals surface area contributed by atoms with Gasteiger partial charge in [-0.3, -0.25) is 4.99 Å². The van der Waals surface area contributed by atoms with Crippen molar-refractivity contribution in [1.29, 1.82) is 0 Å². The Labute approximate surface area is 149 Å². The van der Waals surface area contributed by atoms with Crippen molar-refractivity contribution in [3.8, 4) is 0 Å². The van der Waals surface area contributed by atoms with Gasteiger partial charge in [-0.25, -0.2) is 0 Å². The van der Waals surface area contributed by atoms with Gasteiger partial charge in [0.05, 0.1) is 31.8 Å². The average molecular weight is 381 g/mol. The Hall–Kier alpha value is -1.09. The number of aliphatic hydroxyl groups is 7. The van der Waals surface area contributed by atoms with E-state index in [9.17, 15) is 35.7 Å². The largest absolute Gasteiger partial charge is 0.394 e. The van der Waals surface area contributed by atoms with E-state index in [0.29, 0.717) is 0 Å². The zero-order valence-corrected chi connectivity index (χ0v) is 14.2. The van der Waals surface area contributed by atoms with Crippen LogP contribution in [-0.2, 0) is 9.47 Å². The van der Waals surface area contributed by atoms with E-state index in [4.69, 9.17) is 9.47 Å². The summed E-state index contributed by atoms with van der Waals surface area (Å²) in [6.45, 7) is -1.19. The number of rotatable bonds is 5. The number of ether oxygens (including phenoxy) is 2. The van der Waals surface area contributed by atoms with Crippen LogP contribution in [0.5, 0.6) is 0 Å². The monoisotopic (exact) mass is 381 g/mol. The fraction of sp³-hybridized carbons (Fsp3) is 0.929. The molecule has 0 aromatic carbocycles. The predicted octanol–water partition coefficient (Wildman–Crippen LogP) is -5.57. The van der Waals surface area contributed by atoms with Crippen molar-refractivity contribution >= 4 is 5.96 Å². The molecule has 2 aliphatic rings. The van der Waals surface area contributed by atoms with Crippen LogP contribution in [0.2, 0.25) is 0 Å². The molecule has 152 valence electrons. The molecule has 2 rings (SSSR count). The molecule has 2 fully saturated rings. The Morgan fingerprint density at radius 3 is 1.88 bits per heavy atom. The van der Waals surface area contributed by atoms with Gasteiger partial charge in [-0.1, -0.05) is 0 Å². The lowest BCUT2D eigenvalue weighted by Crippen LogP contribution is -2.59. The highest BCUT2D eigenvalue weighted by molar-refractivity contribution is 5.81. The molecule has 12 nitrogen and oxygen atoms in total. The number of nitrogens with zero attached hydrogens (tertiary/aromatic N) is 1. The summed E-state index contributed by atoms with van der Waals surface area (Å²) < 4.78 is 10.3. The van der Waals surface area contributed by atoms with E-state index >= 15 is 0 Å². The zero-order valence-electron chi connectivity index (χ0n) is 14.2. The van der Waals surface area contributed by atoms with Gasteiger partial charge in [0.15, 0.2) is 12.2 Å². The van der Waals surface area contributed by atoms with Crippen LogP contribution in [0, 0.1) is 0 Å². The highest BCUT2D eigenvalue weighted by Gasteiger charge is 2.44. The minimum absolute atomic E-state index is 0.0454. The summed E-state index contributed by atoms with van der Waals surface area (Å²) in [5.74, 6) is 0.0454. The molecule has 0 amide bonds. The lowest BCUT2D eigenvalue weighted by molar-refractivity contribution is -0.287. The van der Waals surface area contributed by atoms with Gasteiger partial charge in [-0.05, 0) is 0 Å². The molecule has 2 aliphatic heterocycles. The fourth-order valence-corrected chi connectivity index (χ4v) is 2.88. The lowest BCUT2D eigenvalue weighted by atomic mass is 9.99. The Morgan fingerprint density at radius 2 is 1.42 bits per heavy atom. The molecule has 0 radical (unpaired) electrons. The molecular weight excluding hydrogens is 354 g/mol. The first-order valence-corrected chi connectivity index (χ1v) is 8.21. The Balaban J connectivity index is 2.11. The minimum Gasteiger partial charge on any atom is -0.394 e. The van der Waals surface area contributed by atoms with Crippen LogP contribution in [0.15, 0.2) is 4.99 Å². The van der Waals surface area contributed by atoms with Crippen LogP contribution >= 0.6 is 0 Å². The Kier molecular flexibility index (Phi) is 7.52. The number of hydrogen-bond acceptors (Lipinski definition) is 10. The van der Waals surface area contributed by atoms with Gasteiger partial charge in [0.2, 0.25) is 0 Å². The molecule has 2 saturated heterocycles. The van der Waals surface area contributed by atoms with E-state index in [1.165, 1.54) is 7.11 Å². The summed E-state index contributed by atoms with van der Waals surface area (Å²) in [5.41, 5.74) is 0. The average Bonchev–Trinajstić information content (AvgIpc) is 2.76. The van der Waals surface area contributed by atoms with Gasteiger partial charge in [-0.2, -0.15) is 0 Å². The first-order chi connectivity index (χ1) is 12.3. The third-order valence-corrected chi connectivity index (χ3v) is 4.54. The van der Waals surface area contributed by atoms with Crippen molar-refractivity contribution in [3.05, 3.63) is 0 Å². The zero-order chi connectivity index (χ0) is 19.4. The molecular formula is C14H27N3O9. The molecule has 0 saturated carbocycles. The van der Waals surface area contributed by atoms with E-state index in [-0.39, 0.29) is 12.5 Å². The maximum absolute atomic E-state index is 10.0. The number of methoxy groups -OCH3 is 1. The third kappa shape index (κ3) is 4.42. The summed E-state index contributed by atoms with van der Waals surface area (Å²) in [7, 11) is 1.27. The van der Waals surface area contributed by atoms with Crippen molar-refractivity contribution in [2.24, 2.45) is 4.99 Å². The van der Waals surface area contributed by atoms with Gasteiger partial charge in [0, 0.05) is 7.11 Å². The predicted molar refractivity (Wildman–Crippen MR) is 86.0 cm³/mol. The first-order valence-electron chi connectivity index (χ1n) is 8.21. The fourth-order valence-electron chi connectivity index (χ4n) is 2.88. The number of aliphatic hydroxyl groups excluding tert-OH is 7. The van der Waals surface area contributed by atoms with Crippen LogP contribution < -0.4 is 10.6 Å². The van der Waals surface area contributed by atoms with E-state index < -0.39 is 68.2 Å². The summed E-state index contributed by atoms with van der Waals surface area (Å²) in [6.07, 6.45) is -9.21. The molecule has 26 heavy (non-hydrogen) atoms. The van der Waals surface area contributed by atoms with Crippen LogP contribution in [0.4, 0.5) is 0 Å². The topological polar surface area (TPSA) is 196 Å². The number of hydrogen-bond donors (Lipinski definition) is 9. The van der Waals surface area contributed by atoms with E-state index in [2.05, 4.69) is 15.6 Å². The normalized spacial score (nSPS) is 44.0. The molecule has 9 atom stereocenters. The van der Waals surface area contributed by atoms with E-state index in [0.717, 1.165) is 0 Å². The highest BCUT2D eigenvalue weighted by Crippen LogP contribution is 2.22. The molecule has 0 unspecified atom stereocenters. The number of nitrogens with one attached hydrogen (secondary N) is 2. The third-order valence-electron chi connectivity index (χ3n) is 4.54.